The molecule has 0 fully saturated rings. The maximum Gasteiger partial charge on any atom is 0.162 e. The summed E-state index contributed by atoms with van der Waals surface area (Å²) in [7, 11) is 0. The van der Waals surface area contributed by atoms with Crippen LogP contribution in [0.4, 0.5) is 5.82 Å². The molecule has 0 aliphatic carbocycles. The second-order valence-electron chi connectivity index (χ2n) is 4.32. The Morgan fingerprint density at radius 1 is 1.37 bits per heavy atom. The lowest BCUT2D eigenvalue weighted by atomic mass is 10.1. The highest BCUT2D eigenvalue weighted by molar-refractivity contribution is 6.31. The van der Waals surface area contributed by atoms with Crippen molar-refractivity contribution in [2.24, 2.45) is 5.84 Å². The Morgan fingerprint density at radius 2 is 2.11 bits per heavy atom. The van der Waals surface area contributed by atoms with E-state index in [0.717, 1.165) is 35.6 Å². The van der Waals surface area contributed by atoms with Crippen LogP contribution in [0.2, 0.25) is 5.02 Å². The Morgan fingerprint density at radius 3 is 2.63 bits per heavy atom. The summed E-state index contributed by atoms with van der Waals surface area (Å²) in [5, 5.41) is 5.08. The van der Waals surface area contributed by atoms with Crippen LogP contribution >= 0.6 is 11.6 Å². The summed E-state index contributed by atoms with van der Waals surface area (Å²) in [5.74, 6) is 6.85. The molecule has 19 heavy (non-hydrogen) atoms. The van der Waals surface area contributed by atoms with Gasteiger partial charge >= 0.3 is 0 Å². The third-order valence-electron chi connectivity index (χ3n) is 2.96. The van der Waals surface area contributed by atoms with E-state index in [-0.39, 0.29) is 0 Å². The Bertz CT molecular complexity index is 592. The summed E-state index contributed by atoms with van der Waals surface area (Å²) in [4.78, 5) is 8.47. The minimum absolute atomic E-state index is 0.621. The third kappa shape index (κ3) is 2.41. The lowest BCUT2D eigenvalue weighted by Gasteiger charge is -2.12. The van der Waals surface area contributed by atoms with E-state index < -0.39 is 0 Å². The van der Waals surface area contributed by atoms with Gasteiger partial charge < -0.3 is 5.43 Å². The molecule has 3 N–H and O–H groups in total. The molecule has 0 unspecified atom stereocenters. The van der Waals surface area contributed by atoms with Crippen LogP contribution in [0.5, 0.6) is 0 Å². The van der Waals surface area contributed by atoms with Crippen LogP contribution in [0.25, 0.3) is 5.82 Å². The van der Waals surface area contributed by atoms with E-state index in [0.29, 0.717) is 10.8 Å². The number of aryl methyl sites for hydroxylation is 1. The van der Waals surface area contributed by atoms with E-state index in [4.69, 9.17) is 17.4 Å². The van der Waals surface area contributed by atoms with Gasteiger partial charge in [-0.15, -0.1) is 0 Å². The fourth-order valence-corrected chi connectivity index (χ4v) is 2.14. The van der Waals surface area contributed by atoms with Crippen molar-refractivity contribution in [2.75, 3.05) is 5.43 Å². The Kier molecular flexibility index (Phi) is 4.01. The minimum atomic E-state index is 0.621. The monoisotopic (exact) mass is 280 g/mol. The molecule has 0 saturated heterocycles. The summed E-state index contributed by atoms with van der Waals surface area (Å²) in [5.41, 5.74) is 5.19. The predicted molar refractivity (Wildman–Crippen MR) is 75.4 cm³/mol. The zero-order valence-electron chi connectivity index (χ0n) is 11.2. The average Bonchev–Trinajstić information content (AvgIpc) is 2.67. The summed E-state index contributed by atoms with van der Waals surface area (Å²) >= 11 is 6.18. The smallest absolute Gasteiger partial charge is 0.162 e. The van der Waals surface area contributed by atoms with Gasteiger partial charge in [-0.05, 0) is 20.3 Å². The lowest BCUT2D eigenvalue weighted by Crippen LogP contribution is -2.15. The summed E-state index contributed by atoms with van der Waals surface area (Å²) in [6, 6.07) is 0. The van der Waals surface area contributed by atoms with E-state index >= 15 is 0 Å². The fourth-order valence-electron chi connectivity index (χ4n) is 2.02. The average molecular weight is 281 g/mol. The number of hydrogen-bond acceptors (Lipinski definition) is 5. The Balaban J connectivity index is 2.64. The molecule has 102 valence electrons. The number of rotatable bonds is 4. The van der Waals surface area contributed by atoms with Crippen LogP contribution in [-0.4, -0.2) is 19.7 Å². The number of nitrogen functional groups attached to an aromatic ring is 1. The van der Waals surface area contributed by atoms with Crippen molar-refractivity contribution >= 4 is 17.4 Å². The Hall–Kier alpha value is -1.66. The van der Waals surface area contributed by atoms with Gasteiger partial charge in [-0.25, -0.2) is 20.5 Å². The molecule has 0 aromatic carbocycles. The number of halogens is 1. The number of nitrogens with two attached hydrogens (primary N) is 1. The predicted octanol–water partition coefficient (Wildman–Crippen LogP) is 2.17. The Labute approximate surface area is 117 Å². The second-order valence-corrected chi connectivity index (χ2v) is 4.69. The van der Waals surface area contributed by atoms with Crippen LogP contribution in [0.15, 0.2) is 6.33 Å². The van der Waals surface area contributed by atoms with Crippen LogP contribution in [0.3, 0.4) is 0 Å². The van der Waals surface area contributed by atoms with Crippen molar-refractivity contribution in [1.29, 1.82) is 0 Å². The standard InChI is InChI=1S/C12H17ClN6/c1-4-5-9-11(17-14)15-6-16-12(9)19-8(3)10(13)7(2)18-19/h6H,4-5,14H2,1-3H3,(H,15,16,17). The van der Waals surface area contributed by atoms with Crippen molar-refractivity contribution in [1.82, 2.24) is 19.7 Å². The van der Waals surface area contributed by atoms with E-state index in [2.05, 4.69) is 27.4 Å². The van der Waals surface area contributed by atoms with Gasteiger partial charge in [-0.1, -0.05) is 24.9 Å². The zero-order chi connectivity index (χ0) is 14.0. The van der Waals surface area contributed by atoms with E-state index in [1.807, 2.05) is 13.8 Å². The summed E-state index contributed by atoms with van der Waals surface area (Å²) in [6.07, 6.45) is 3.24. The summed E-state index contributed by atoms with van der Waals surface area (Å²) < 4.78 is 1.74. The summed E-state index contributed by atoms with van der Waals surface area (Å²) in [6.45, 7) is 5.87. The number of hydrogen-bond donors (Lipinski definition) is 2. The minimum Gasteiger partial charge on any atom is -0.308 e. The molecule has 7 heteroatoms. The van der Waals surface area contributed by atoms with Gasteiger partial charge in [-0.3, -0.25) is 0 Å². The van der Waals surface area contributed by atoms with Gasteiger partial charge in [0.2, 0.25) is 0 Å². The highest BCUT2D eigenvalue weighted by Gasteiger charge is 2.17. The quantitative estimate of drug-likeness (QED) is 0.663. The molecule has 2 aromatic heterocycles. The first-order valence-electron chi connectivity index (χ1n) is 6.12. The fraction of sp³-hybridized carbons (Fsp3) is 0.417. The molecule has 0 aliphatic heterocycles. The van der Waals surface area contributed by atoms with Crippen molar-refractivity contribution in [3.8, 4) is 5.82 Å². The number of anilines is 1. The number of nitrogens with zero attached hydrogens (tertiary/aromatic N) is 4. The van der Waals surface area contributed by atoms with Crippen LogP contribution in [0, 0.1) is 13.8 Å². The molecular weight excluding hydrogens is 264 g/mol. The largest absolute Gasteiger partial charge is 0.308 e. The molecular formula is C12H17ClN6. The maximum absolute atomic E-state index is 6.18. The number of hydrazine groups is 1. The molecule has 0 amide bonds. The molecule has 0 radical (unpaired) electrons. The van der Waals surface area contributed by atoms with E-state index in [9.17, 15) is 0 Å². The van der Waals surface area contributed by atoms with Gasteiger partial charge in [0, 0.05) is 5.56 Å². The van der Waals surface area contributed by atoms with Crippen LogP contribution < -0.4 is 11.3 Å². The van der Waals surface area contributed by atoms with Gasteiger partial charge in [0.1, 0.15) is 12.1 Å². The molecule has 0 aliphatic rings. The van der Waals surface area contributed by atoms with Crippen LogP contribution in [0.1, 0.15) is 30.3 Å². The number of nitrogens with one attached hydrogen (secondary N) is 1. The van der Waals surface area contributed by atoms with E-state index in [1.54, 1.807) is 4.68 Å². The van der Waals surface area contributed by atoms with Crippen LogP contribution in [-0.2, 0) is 6.42 Å². The lowest BCUT2D eigenvalue weighted by molar-refractivity contribution is 0.772. The molecule has 0 atom stereocenters. The first-order valence-corrected chi connectivity index (χ1v) is 6.50. The SMILES string of the molecule is CCCc1c(NN)ncnc1-n1nc(C)c(Cl)c1C. The van der Waals surface area contributed by atoms with Crippen molar-refractivity contribution in [3.05, 3.63) is 28.3 Å². The molecule has 2 heterocycles. The molecule has 6 nitrogen and oxygen atoms in total. The van der Waals surface area contributed by atoms with Gasteiger partial charge in [-0.2, -0.15) is 5.10 Å². The molecule has 0 saturated carbocycles. The number of aromatic nitrogens is 4. The topological polar surface area (TPSA) is 81.6 Å². The third-order valence-corrected chi connectivity index (χ3v) is 3.51. The highest BCUT2D eigenvalue weighted by atomic mass is 35.5. The second kappa shape index (κ2) is 5.54. The first-order chi connectivity index (χ1) is 9.10. The first kappa shape index (κ1) is 13.8. The van der Waals surface area contributed by atoms with Crippen molar-refractivity contribution in [3.63, 3.8) is 0 Å². The molecule has 2 aromatic rings. The maximum atomic E-state index is 6.18. The van der Waals surface area contributed by atoms with Gasteiger partial charge in [0.05, 0.1) is 16.4 Å². The highest BCUT2D eigenvalue weighted by Crippen LogP contribution is 2.25. The van der Waals surface area contributed by atoms with Gasteiger partial charge in [0.25, 0.3) is 0 Å². The van der Waals surface area contributed by atoms with Crippen molar-refractivity contribution < 1.29 is 0 Å². The molecule has 2 rings (SSSR count). The normalized spacial score (nSPS) is 10.8. The zero-order valence-corrected chi connectivity index (χ0v) is 12.0. The molecule has 0 spiro atoms. The van der Waals surface area contributed by atoms with E-state index in [1.165, 1.54) is 6.33 Å². The van der Waals surface area contributed by atoms with Crippen molar-refractivity contribution in [2.45, 2.75) is 33.6 Å². The molecule has 0 bridgehead atoms. The van der Waals surface area contributed by atoms with Gasteiger partial charge in [0.15, 0.2) is 5.82 Å².